The molecule has 1 aliphatic rings. The third-order valence-electron chi connectivity index (χ3n) is 5.52. The third-order valence-corrected chi connectivity index (χ3v) is 5.52. The van der Waals surface area contributed by atoms with Crippen molar-refractivity contribution in [1.82, 2.24) is 9.99 Å². The molecule has 1 amide bonds. The molecule has 8 heteroatoms. The van der Waals surface area contributed by atoms with Crippen LogP contribution in [0.1, 0.15) is 39.4 Å². The van der Waals surface area contributed by atoms with Crippen molar-refractivity contribution in [2.45, 2.75) is 34.1 Å². The van der Waals surface area contributed by atoms with Gasteiger partial charge in [0.25, 0.3) is 0 Å². The number of ether oxygens (including phenoxy) is 2. The minimum Gasteiger partial charge on any atom is -0.486 e. The van der Waals surface area contributed by atoms with Gasteiger partial charge in [-0.1, -0.05) is 6.07 Å². The maximum absolute atomic E-state index is 12.3. The van der Waals surface area contributed by atoms with E-state index in [9.17, 15) is 10.1 Å². The molecule has 164 valence electrons. The lowest BCUT2D eigenvalue weighted by Crippen LogP contribution is -2.20. The second-order valence-corrected chi connectivity index (χ2v) is 7.69. The van der Waals surface area contributed by atoms with E-state index in [1.54, 1.807) is 6.21 Å². The molecule has 0 atom stereocenters. The SMILES string of the molecule is Cc1oc(-n2c(C)cc(/C=N\NC(=O)Cc3ccc4c(c3)OCCO4)c2C)c(C#N)c1C. The number of furan rings is 1. The van der Waals surface area contributed by atoms with Crippen molar-refractivity contribution >= 4 is 12.1 Å². The number of nitrogens with zero attached hydrogens (tertiary/aromatic N) is 3. The molecule has 1 aromatic carbocycles. The molecule has 0 saturated heterocycles. The fourth-order valence-electron chi connectivity index (χ4n) is 3.73. The van der Waals surface area contributed by atoms with E-state index >= 15 is 0 Å². The van der Waals surface area contributed by atoms with Gasteiger partial charge in [0.1, 0.15) is 30.6 Å². The average Bonchev–Trinajstić information content (AvgIpc) is 3.21. The number of fused-ring (bicyclic) bond motifs is 1. The lowest BCUT2D eigenvalue weighted by Gasteiger charge is -2.18. The molecule has 0 saturated carbocycles. The van der Waals surface area contributed by atoms with Crippen molar-refractivity contribution in [2.24, 2.45) is 5.10 Å². The molecule has 3 heterocycles. The van der Waals surface area contributed by atoms with Crippen LogP contribution in [-0.4, -0.2) is 29.9 Å². The maximum Gasteiger partial charge on any atom is 0.244 e. The van der Waals surface area contributed by atoms with Crippen molar-refractivity contribution in [3.8, 4) is 23.5 Å². The Morgan fingerprint density at radius 3 is 2.69 bits per heavy atom. The molecule has 1 aliphatic heterocycles. The first-order valence-electron chi connectivity index (χ1n) is 10.3. The van der Waals surface area contributed by atoms with Crippen molar-refractivity contribution in [3.63, 3.8) is 0 Å². The highest BCUT2D eigenvalue weighted by Crippen LogP contribution is 2.31. The Hall–Kier alpha value is -3.99. The minimum atomic E-state index is -0.240. The molecule has 8 nitrogen and oxygen atoms in total. The Morgan fingerprint density at radius 2 is 1.94 bits per heavy atom. The number of nitrogens with one attached hydrogen (secondary N) is 1. The number of benzene rings is 1. The van der Waals surface area contributed by atoms with Gasteiger partial charge in [-0.15, -0.1) is 0 Å². The summed E-state index contributed by atoms with van der Waals surface area (Å²) in [6.45, 7) is 8.58. The number of carbonyl (C=O) groups is 1. The number of nitriles is 1. The van der Waals surface area contributed by atoms with Crippen LogP contribution in [0.3, 0.4) is 0 Å². The lowest BCUT2D eigenvalue weighted by atomic mass is 10.1. The van der Waals surface area contributed by atoms with Gasteiger partial charge in [-0.25, -0.2) is 5.43 Å². The van der Waals surface area contributed by atoms with Gasteiger partial charge in [0.2, 0.25) is 11.8 Å². The van der Waals surface area contributed by atoms with Gasteiger partial charge in [-0.05, 0) is 51.5 Å². The van der Waals surface area contributed by atoms with E-state index in [-0.39, 0.29) is 12.3 Å². The van der Waals surface area contributed by atoms with E-state index in [2.05, 4.69) is 16.6 Å². The molecule has 4 rings (SSSR count). The molecule has 0 bridgehead atoms. The molecule has 0 unspecified atom stereocenters. The van der Waals surface area contributed by atoms with Crippen molar-refractivity contribution < 1.29 is 18.7 Å². The standard InChI is InChI=1S/C24H24N4O4/c1-14-9-19(16(3)28(14)24-20(12-25)15(2)17(4)32-24)13-26-27-23(29)11-18-5-6-21-22(10-18)31-8-7-30-21/h5-6,9-10,13H,7-8,11H2,1-4H3,(H,27,29)/b26-13-. The van der Waals surface area contributed by atoms with Crippen LogP contribution >= 0.6 is 0 Å². The Balaban J connectivity index is 1.47. The van der Waals surface area contributed by atoms with Crippen LogP contribution in [-0.2, 0) is 11.2 Å². The predicted molar refractivity (Wildman–Crippen MR) is 119 cm³/mol. The van der Waals surface area contributed by atoms with E-state index in [0.29, 0.717) is 41.9 Å². The zero-order chi connectivity index (χ0) is 22.8. The molecule has 0 aliphatic carbocycles. The normalized spacial score (nSPS) is 12.7. The summed E-state index contributed by atoms with van der Waals surface area (Å²) in [6, 6.07) is 9.61. The molecule has 3 aromatic rings. The summed E-state index contributed by atoms with van der Waals surface area (Å²) in [5.74, 6) is 2.31. The third kappa shape index (κ3) is 3.97. The van der Waals surface area contributed by atoms with Crippen LogP contribution in [0.25, 0.3) is 5.88 Å². The Labute approximate surface area is 186 Å². The number of hydrogen-bond acceptors (Lipinski definition) is 6. The molecule has 32 heavy (non-hydrogen) atoms. The van der Waals surface area contributed by atoms with Crippen molar-refractivity contribution in [1.29, 1.82) is 5.26 Å². The first kappa shape index (κ1) is 21.2. The highest BCUT2D eigenvalue weighted by atomic mass is 16.6. The number of hydrogen-bond donors (Lipinski definition) is 1. The Bertz CT molecular complexity index is 1260. The quantitative estimate of drug-likeness (QED) is 0.490. The maximum atomic E-state index is 12.3. The fraction of sp³-hybridized carbons (Fsp3) is 0.292. The summed E-state index contributed by atoms with van der Waals surface area (Å²) in [7, 11) is 0. The van der Waals surface area contributed by atoms with Crippen molar-refractivity contribution in [3.05, 3.63) is 63.7 Å². The Kier molecular flexibility index (Phi) is 5.73. The number of aryl methyl sites for hydroxylation is 2. The van der Waals surface area contributed by atoms with Crippen LogP contribution in [0.2, 0.25) is 0 Å². The summed E-state index contributed by atoms with van der Waals surface area (Å²) >= 11 is 0. The largest absolute Gasteiger partial charge is 0.486 e. The highest BCUT2D eigenvalue weighted by molar-refractivity contribution is 5.85. The van der Waals surface area contributed by atoms with E-state index < -0.39 is 0 Å². The first-order valence-corrected chi connectivity index (χ1v) is 10.3. The number of hydrazone groups is 1. The smallest absolute Gasteiger partial charge is 0.244 e. The molecular formula is C24H24N4O4. The van der Waals surface area contributed by atoms with Gasteiger partial charge in [-0.2, -0.15) is 10.4 Å². The summed E-state index contributed by atoms with van der Waals surface area (Å²) in [5.41, 5.74) is 7.30. The molecule has 0 radical (unpaired) electrons. The number of amides is 1. The number of carbonyl (C=O) groups excluding carboxylic acids is 1. The van der Waals surface area contributed by atoms with Gasteiger partial charge in [0.05, 0.1) is 12.6 Å². The summed E-state index contributed by atoms with van der Waals surface area (Å²) in [4.78, 5) is 12.3. The van der Waals surface area contributed by atoms with Crippen LogP contribution in [0.4, 0.5) is 0 Å². The monoisotopic (exact) mass is 432 g/mol. The highest BCUT2D eigenvalue weighted by Gasteiger charge is 2.20. The van der Waals surface area contributed by atoms with E-state index in [1.165, 1.54) is 0 Å². The van der Waals surface area contributed by atoms with Crippen LogP contribution in [0.15, 0.2) is 33.8 Å². The minimum absolute atomic E-state index is 0.170. The molecule has 1 N–H and O–H groups in total. The molecular weight excluding hydrogens is 408 g/mol. The predicted octanol–water partition coefficient (Wildman–Crippen LogP) is 3.64. The summed E-state index contributed by atoms with van der Waals surface area (Å²) in [5, 5.41) is 13.6. The van der Waals surface area contributed by atoms with E-state index in [0.717, 1.165) is 28.1 Å². The summed E-state index contributed by atoms with van der Waals surface area (Å²) in [6.07, 6.45) is 1.76. The van der Waals surface area contributed by atoms with Crippen LogP contribution in [0.5, 0.6) is 11.5 Å². The van der Waals surface area contributed by atoms with E-state index in [4.69, 9.17) is 13.9 Å². The Morgan fingerprint density at radius 1 is 1.19 bits per heavy atom. The lowest BCUT2D eigenvalue weighted by molar-refractivity contribution is -0.120. The van der Waals surface area contributed by atoms with E-state index in [1.807, 2.05) is 56.5 Å². The van der Waals surface area contributed by atoms with Crippen LogP contribution < -0.4 is 14.9 Å². The average molecular weight is 432 g/mol. The number of rotatable bonds is 5. The van der Waals surface area contributed by atoms with Crippen molar-refractivity contribution in [2.75, 3.05) is 13.2 Å². The zero-order valence-electron chi connectivity index (χ0n) is 18.5. The van der Waals surface area contributed by atoms with Gasteiger partial charge in [0.15, 0.2) is 11.5 Å². The molecule has 2 aromatic heterocycles. The molecule has 0 fully saturated rings. The fourth-order valence-corrected chi connectivity index (χ4v) is 3.73. The van der Waals surface area contributed by atoms with Gasteiger partial charge in [0, 0.05) is 22.5 Å². The molecule has 0 spiro atoms. The zero-order valence-corrected chi connectivity index (χ0v) is 18.5. The first-order chi connectivity index (χ1) is 15.4. The van der Waals surface area contributed by atoms with Gasteiger partial charge >= 0.3 is 0 Å². The topological polar surface area (TPSA) is 102 Å². The second kappa shape index (κ2) is 8.63. The second-order valence-electron chi connectivity index (χ2n) is 7.69. The van der Waals surface area contributed by atoms with Gasteiger partial charge in [-0.3, -0.25) is 9.36 Å². The summed E-state index contributed by atoms with van der Waals surface area (Å²) < 4.78 is 18.8. The number of aromatic nitrogens is 1. The van der Waals surface area contributed by atoms with Crippen LogP contribution in [0, 0.1) is 39.0 Å². The van der Waals surface area contributed by atoms with Gasteiger partial charge < -0.3 is 13.9 Å².